The fourth-order valence-electron chi connectivity index (χ4n) is 3.41. The molecule has 0 atom stereocenters. The van der Waals surface area contributed by atoms with Crippen LogP contribution in [0.3, 0.4) is 0 Å². The lowest BCUT2D eigenvalue weighted by atomic mass is 9.89. The summed E-state index contributed by atoms with van der Waals surface area (Å²) in [5.41, 5.74) is 2.32. The monoisotopic (exact) mass is 331 g/mol. The van der Waals surface area contributed by atoms with Gasteiger partial charge in [-0.05, 0) is 43.5 Å². The van der Waals surface area contributed by atoms with Crippen molar-refractivity contribution in [2.24, 2.45) is 5.92 Å². The van der Waals surface area contributed by atoms with E-state index in [4.69, 9.17) is 0 Å². The average molecular weight is 332 g/mol. The summed E-state index contributed by atoms with van der Waals surface area (Å²) < 4.78 is 0. The summed E-state index contributed by atoms with van der Waals surface area (Å²) in [6.07, 6.45) is 6.52. The standard InChI is InChI=1S/C20H33N3O/c1-3-23(4-2)16-18-12-8-9-13-19(18)21-15-20(24)22-14-17-10-6-5-7-11-17/h8-9,12-13,17,21H,3-7,10-11,14-16H2,1-2H3,(H,22,24). The summed E-state index contributed by atoms with van der Waals surface area (Å²) in [6, 6.07) is 8.29. The van der Waals surface area contributed by atoms with Crippen LogP contribution in [0, 0.1) is 5.92 Å². The Labute approximate surface area is 147 Å². The summed E-state index contributed by atoms with van der Waals surface area (Å²) in [7, 11) is 0. The van der Waals surface area contributed by atoms with Crippen LogP contribution in [-0.2, 0) is 11.3 Å². The number of hydrogen-bond acceptors (Lipinski definition) is 3. The molecule has 4 heteroatoms. The van der Waals surface area contributed by atoms with E-state index in [0.717, 1.165) is 31.9 Å². The normalized spacial score (nSPS) is 15.5. The third-order valence-corrected chi connectivity index (χ3v) is 5.06. The third kappa shape index (κ3) is 6.16. The molecular formula is C20H33N3O. The van der Waals surface area contributed by atoms with Gasteiger partial charge in [0.25, 0.3) is 0 Å². The van der Waals surface area contributed by atoms with Crippen LogP contribution in [0.1, 0.15) is 51.5 Å². The molecule has 0 bridgehead atoms. The van der Waals surface area contributed by atoms with Gasteiger partial charge in [-0.3, -0.25) is 9.69 Å². The number of nitrogens with zero attached hydrogens (tertiary/aromatic N) is 1. The second kappa shape index (κ2) is 10.3. The summed E-state index contributed by atoms with van der Waals surface area (Å²) in [4.78, 5) is 14.5. The number of nitrogens with one attached hydrogen (secondary N) is 2. The molecule has 24 heavy (non-hydrogen) atoms. The zero-order valence-electron chi connectivity index (χ0n) is 15.3. The van der Waals surface area contributed by atoms with Gasteiger partial charge < -0.3 is 10.6 Å². The molecule has 2 rings (SSSR count). The quantitative estimate of drug-likeness (QED) is 0.726. The minimum atomic E-state index is 0.0956. The van der Waals surface area contributed by atoms with E-state index in [1.54, 1.807) is 0 Å². The Bertz CT molecular complexity index is 493. The van der Waals surface area contributed by atoms with Gasteiger partial charge in [0.2, 0.25) is 5.91 Å². The molecule has 0 aromatic heterocycles. The molecule has 1 aromatic rings. The number of anilines is 1. The van der Waals surface area contributed by atoms with Gasteiger partial charge in [-0.15, -0.1) is 0 Å². The number of carbonyl (C=O) groups is 1. The molecule has 1 aliphatic rings. The molecule has 0 aliphatic heterocycles. The second-order valence-corrected chi connectivity index (χ2v) is 6.78. The molecule has 1 saturated carbocycles. The lowest BCUT2D eigenvalue weighted by Gasteiger charge is -2.22. The molecule has 0 radical (unpaired) electrons. The van der Waals surface area contributed by atoms with Crippen molar-refractivity contribution in [3.63, 3.8) is 0 Å². The van der Waals surface area contributed by atoms with Crippen molar-refractivity contribution < 1.29 is 4.79 Å². The second-order valence-electron chi connectivity index (χ2n) is 6.78. The third-order valence-electron chi connectivity index (χ3n) is 5.06. The van der Waals surface area contributed by atoms with Crippen molar-refractivity contribution in [1.29, 1.82) is 0 Å². The highest BCUT2D eigenvalue weighted by molar-refractivity contribution is 5.80. The first-order valence-corrected chi connectivity index (χ1v) is 9.53. The molecule has 2 N–H and O–H groups in total. The summed E-state index contributed by atoms with van der Waals surface area (Å²) in [5.74, 6) is 0.774. The van der Waals surface area contributed by atoms with Crippen molar-refractivity contribution in [3.05, 3.63) is 29.8 Å². The molecule has 1 amide bonds. The number of rotatable bonds is 9. The van der Waals surface area contributed by atoms with E-state index in [-0.39, 0.29) is 5.91 Å². The number of para-hydroxylation sites is 1. The Kier molecular flexibility index (Phi) is 8.10. The van der Waals surface area contributed by atoms with Gasteiger partial charge in [0.15, 0.2) is 0 Å². The van der Waals surface area contributed by atoms with E-state index >= 15 is 0 Å². The van der Waals surface area contributed by atoms with Crippen molar-refractivity contribution in [2.75, 3.05) is 31.5 Å². The minimum Gasteiger partial charge on any atom is -0.376 e. The van der Waals surface area contributed by atoms with Crippen molar-refractivity contribution in [3.8, 4) is 0 Å². The van der Waals surface area contributed by atoms with Crippen LogP contribution in [0.25, 0.3) is 0 Å². The van der Waals surface area contributed by atoms with E-state index in [9.17, 15) is 4.79 Å². The zero-order chi connectivity index (χ0) is 17.2. The van der Waals surface area contributed by atoms with Gasteiger partial charge in [0.05, 0.1) is 6.54 Å². The van der Waals surface area contributed by atoms with Crippen LogP contribution in [0.4, 0.5) is 5.69 Å². The first-order valence-electron chi connectivity index (χ1n) is 9.53. The van der Waals surface area contributed by atoms with E-state index in [1.165, 1.54) is 37.7 Å². The SMILES string of the molecule is CCN(CC)Cc1ccccc1NCC(=O)NCC1CCCCC1. The Morgan fingerprint density at radius 1 is 1.12 bits per heavy atom. The number of benzene rings is 1. The van der Waals surface area contributed by atoms with E-state index < -0.39 is 0 Å². The topological polar surface area (TPSA) is 44.4 Å². The molecule has 0 heterocycles. The molecule has 1 aliphatic carbocycles. The van der Waals surface area contributed by atoms with Gasteiger partial charge in [0.1, 0.15) is 0 Å². The van der Waals surface area contributed by atoms with Crippen molar-refractivity contribution >= 4 is 11.6 Å². The molecule has 1 fully saturated rings. The maximum atomic E-state index is 12.1. The van der Waals surface area contributed by atoms with E-state index in [1.807, 2.05) is 6.07 Å². The molecule has 134 valence electrons. The maximum Gasteiger partial charge on any atom is 0.239 e. The van der Waals surface area contributed by atoms with Gasteiger partial charge >= 0.3 is 0 Å². The summed E-state index contributed by atoms with van der Waals surface area (Å²) >= 11 is 0. The van der Waals surface area contributed by atoms with Crippen molar-refractivity contribution in [2.45, 2.75) is 52.5 Å². The van der Waals surface area contributed by atoms with Gasteiger partial charge in [-0.2, -0.15) is 0 Å². The highest BCUT2D eigenvalue weighted by Crippen LogP contribution is 2.22. The fraction of sp³-hybridized carbons (Fsp3) is 0.650. The van der Waals surface area contributed by atoms with Crippen LogP contribution in [0.2, 0.25) is 0 Å². The lowest BCUT2D eigenvalue weighted by Crippen LogP contribution is -2.34. The Balaban J connectivity index is 1.79. The van der Waals surface area contributed by atoms with Crippen LogP contribution in [-0.4, -0.2) is 37.0 Å². The Morgan fingerprint density at radius 3 is 2.54 bits per heavy atom. The molecule has 4 nitrogen and oxygen atoms in total. The Morgan fingerprint density at radius 2 is 1.83 bits per heavy atom. The first kappa shape index (κ1) is 18.8. The summed E-state index contributed by atoms with van der Waals surface area (Å²) in [5, 5.41) is 6.41. The van der Waals surface area contributed by atoms with Crippen molar-refractivity contribution in [1.82, 2.24) is 10.2 Å². The molecule has 0 saturated heterocycles. The molecule has 1 aromatic carbocycles. The zero-order valence-corrected chi connectivity index (χ0v) is 15.3. The summed E-state index contributed by atoms with van der Waals surface area (Å²) in [6.45, 7) is 8.53. The molecule has 0 spiro atoms. The van der Waals surface area contributed by atoms with E-state index in [0.29, 0.717) is 12.5 Å². The number of carbonyl (C=O) groups excluding carboxylic acids is 1. The fourth-order valence-corrected chi connectivity index (χ4v) is 3.41. The molecular weight excluding hydrogens is 298 g/mol. The van der Waals surface area contributed by atoms with Crippen LogP contribution < -0.4 is 10.6 Å². The van der Waals surface area contributed by atoms with Gasteiger partial charge in [0, 0.05) is 18.8 Å². The highest BCUT2D eigenvalue weighted by atomic mass is 16.1. The predicted molar refractivity (Wildman–Crippen MR) is 101 cm³/mol. The van der Waals surface area contributed by atoms with Gasteiger partial charge in [-0.25, -0.2) is 0 Å². The number of hydrogen-bond donors (Lipinski definition) is 2. The van der Waals surface area contributed by atoms with Crippen LogP contribution in [0.15, 0.2) is 24.3 Å². The highest BCUT2D eigenvalue weighted by Gasteiger charge is 2.14. The largest absolute Gasteiger partial charge is 0.376 e. The average Bonchev–Trinajstić information content (AvgIpc) is 2.64. The maximum absolute atomic E-state index is 12.1. The predicted octanol–water partition coefficient (Wildman–Crippen LogP) is 3.64. The van der Waals surface area contributed by atoms with Crippen LogP contribution in [0.5, 0.6) is 0 Å². The Hall–Kier alpha value is -1.55. The lowest BCUT2D eigenvalue weighted by molar-refractivity contribution is -0.119. The smallest absolute Gasteiger partial charge is 0.239 e. The first-order chi connectivity index (χ1) is 11.7. The van der Waals surface area contributed by atoms with Gasteiger partial charge in [-0.1, -0.05) is 51.3 Å². The number of amides is 1. The minimum absolute atomic E-state index is 0.0956. The molecule has 0 unspecified atom stereocenters. The van der Waals surface area contributed by atoms with E-state index in [2.05, 4.69) is 47.6 Å². The van der Waals surface area contributed by atoms with Crippen LogP contribution >= 0.6 is 0 Å².